The molecule has 0 spiro atoms. The summed E-state index contributed by atoms with van der Waals surface area (Å²) in [6.07, 6.45) is 4.99. The molecule has 1 aromatic carbocycles. The fourth-order valence-corrected chi connectivity index (χ4v) is 3.45. The van der Waals surface area contributed by atoms with Crippen LogP contribution >= 0.6 is 0 Å². The highest BCUT2D eigenvalue weighted by atomic mass is 16.4. The molecule has 104 valence electrons. The minimum absolute atomic E-state index is 0.508. The standard InChI is InChI=1S/C17H19NO2/c1-12-6-7-17(10-12,16(19)20)11-13-4-5-15-14(9-13)3-2-8-18-15/h2-5,8-9,12H,6-7,10-11H2,1H3,(H,19,20). The molecule has 3 nitrogen and oxygen atoms in total. The van der Waals surface area contributed by atoms with Crippen LogP contribution in [0.25, 0.3) is 10.9 Å². The zero-order chi connectivity index (χ0) is 14.2. The Morgan fingerprint density at radius 3 is 3.00 bits per heavy atom. The third-order valence-corrected chi connectivity index (χ3v) is 4.52. The molecule has 1 N–H and O–H groups in total. The number of hydrogen-bond donors (Lipinski definition) is 1. The molecule has 20 heavy (non-hydrogen) atoms. The molecule has 0 radical (unpaired) electrons. The number of rotatable bonds is 3. The van der Waals surface area contributed by atoms with Gasteiger partial charge in [-0.3, -0.25) is 9.78 Å². The maximum absolute atomic E-state index is 11.7. The van der Waals surface area contributed by atoms with Crippen LogP contribution in [0.5, 0.6) is 0 Å². The van der Waals surface area contributed by atoms with Gasteiger partial charge in [-0.05, 0) is 55.4 Å². The van der Waals surface area contributed by atoms with Gasteiger partial charge in [0.2, 0.25) is 0 Å². The number of fused-ring (bicyclic) bond motifs is 1. The van der Waals surface area contributed by atoms with Gasteiger partial charge < -0.3 is 5.11 Å². The molecule has 1 saturated carbocycles. The van der Waals surface area contributed by atoms with Gasteiger partial charge >= 0.3 is 5.97 Å². The average molecular weight is 269 g/mol. The number of carboxylic acid groups (broad SMARTS) is 1. The normalized spacial score (nSPS) is 25.9. The molecule has 2 atom stereocenters. The second kappa shape index (κ2) is 4.89. The zero-order valence-corrected chi connectivity index (χ0v) is 11.7. The summed E-state index contributed by atoms with van der Waals surface area (Å²) in [6, 6.07) is 10.0. The molecule has 0 bridgehead atoms. The van der Waals surface area contributed by atoms with Crippen LogP contribution in [0.1, 0.15) is 31.7 Å². The van der Waals surface area contributed by atoms with Crippen LogP contribution in [-0.4, -0.2) is 16.1 Å². The lowest BCUT2D eigenvalue weighted by Gasteiger charge is -2.24. The number of nitrogens with zero attached hydrogens (tertiary/aromatic N) is 1. The maximum atomic E-state index is 11.7. The van der Waals surface area contributed by atoms with E-state index in [-0.39, 0.29) is 0 Å². The van der Waals surface area contributed by atoms with E-state index in [1.54, 1.807) is 6.20 Å². The molecule has 1 fully saturated rings. The minimum atomic E-state index is -0.645. The van der Waals surface area contributed by atoms with E-state index in [0.717, 1.165) is 35.7 Å². The summed E-state index contributed by atoms with van der Waals surface area (Å²) >= 11 is 0. The van der Waals surface area contributed by atoms with E-state index in [1.807, 2.05) is 24.3 Å². The van der Waals surface area contributed by atoms with E-state index >= 15 is 0 Å². The van der Waals surface area contributed by atoms with E-state index in [0.29, 0.717) is 12.3 Å². The first-order valence-corrected chi connectivity index (χ1v) is 7.16. The smallest absolute Gasteiger partial charge is 0.309 e. The van der Waals surface area contributed by atoms with E-state index in [2.05, 4.69) is 18.0 Å². The van der Waals surface area contributed by atoms with Crippen molar-refractivity contribution in [2.45, 2.75) is 32.6 Å². The molecular weight excluding hydrogens is 250 g/mol. The molecule has 0 saturated heterocycles. The first-order chi connectivity index (χ1) is 9.59. The zero-order valence-electron chi connectivity index (χ0n) is 11.7. The van der Waals surface area contributed by atoms with E-state index < -0.39 is 11.4 Å². The van der Waals surface area contributed by atoms with Crippen LogP contribution in [0.15, 0.2) is 36.5 Å². The van der Waals surface area contributed by atoms with E-state index in [4.69, 9.17) is 0 Å². The number of benzene rings is 1. The summed E-state index contributed by atoms with van der Waals surface area (Å²) in [7, 11) is 0. The first-order valence-electron chi connectivity index (χ1n) is 7.16. The maximum Gasteiger partial charge on any atom is 0.309 e. The summed E-state index contributed by atoms with van der Waals surface area (Å²) in [6.45, 7) is 2.15. The minimum Gasteiger partial charge on any atom is -0.481 e. The van der Waals surface area contributed by atoms with Crippen molar-refractivity contribution in [2.24, 2.45) is 11.3 Å². The highest BCUT2D eigenvalue weighted by molar-refractivity contribution is 5.80. The topological polar surface area (TPSA) is 50.2 Å². The Balaban J connectivity index is 1.93. The lowest BCUT2D eigenvalue weighted by molar-refractivity contribution is -0.148. The third-order valence-electron chi connectivity index (χ3n) is 4.52. The van der Waals surface area contributed by atoms with Gasteiger partial charge in [0.05, 0.1) is 10.9 Å². The van der Waals surface area contributed by atoms with Gasteiger partial charge in [-0.15, -0.1) is 0 Å². The number of aromatic nitrogens is 1. The molecule has 1 aromatic heterocycles. The highest BCUT2D eigenvalue weighted by Crippen LogP contribution is 2.44. The Morgan fingerprint density at radius 1 is 1.45 bits per heavy atom. The molecule has 1 heterocycles. The fourth-order valence-electron chi connectivity index (χ4n) is 3.45. The third kappa shape index (κ3) is 2.28. The predicted octanol–water partition coefficient (Wildman–Crippen LogP) is 3.67. The van der Waals surface area contributed by atoms with Gasteiger partial charge in [-0.2, -0.15) is 0 Å². The molecule has 1 aliphatic rings. The lowest BCUT2D eigenvalue weighted by Crippen LogP contribution is -2.30. The Bertz CT molecular complexity index is 652. The highest BCUT2D eigenvalue weighted by Gasteiger charge is 2.44. The monoisotopic (exact) mass is 269 g/mol. The molecule has 1 aliphatic carbocycles. The molecule has 3 rings (SSSR count). The molecular formula is C17H19NO2. The van der Waals surface area contributed by atoms with Crippen LogP contribution in [0.3, 0.4) is 0 Å². The predicted molar refractivity (Wildman–Crippen MR) is 78.5 cm³/mol. The van der Waals surface area contributed by atoms with Gasteiger partial charge in [-0.1, -0.05) is 19.1 Å². The summed E-state index contributed by atoms with van der Waals surface area (Å²) < 4.78 is 0. The van der Waals surface area contributed by atoms with Gasteiger partial charge in [0.25, 0.3) is 0 Å². The van der Waals surface area contributed by atoms with Crippen molar-refractivity contribution in [3.63, 3.8) is 0 Å². The molecule has 0 aliphatic heterocycles. The van der Waals surface area contributed by atoms with Crippen molar-refractivity contribution in [1.29, 1.82) is 0 Å². The van der Waals surface area contributed by atoms with Gasteiger partial charge in [0.15, 0.2) is 0 Å². The van der Waals surface area contributed by atoms with Gasteiger partial charge in [0.1, 0.15) is 0 Å². The van der Waals surface area contributed by atoms with Crippen molar-refractivity contribution in [3.8, 4) is 0 Å². The number of hydrogen-bond acceptors (Lipinski definition) is 2. The SMILES string of the molecule is CC1CCC(Cc2ccc3ncccc3c2)(C(=O)O)C1. The van der Waals surface area contributed by atoms with Gasteiger partial charge in [0, 0.05) is 11.6 Å². The Labute approximate surface area is 118 Å². The van der Waals surface area contributed by atoms with Crippen LogP contribution in [0, 0.1) is 11.3 Å². The fraction of sp³-hybridized carbons (Fsp3) is 0.412. The van der Waals surface area contributed by atoms with Crippen molar-refractivity contribution in [1.82, 2.24) is 4.98 Å². The summed E-state index contributed by atoms with van der Waals surface area (Å²) in [4.78, 5) is 16.0. The van der Waals surface area contributed by atoms with Crippen molar-refractivity contribution in [2.75, 3.05) is 0 Å². The molecule has 2 aromatic rings. The number of carbonyl (C=O) groups is 1. The number of carboxylic acids is 1. The van der Waals surface area contributed by atoms with Crippen LogP contribution in [-0.2, 0) is 11.2 Å². The second-order valence-electron chi connectivity index (χ2n) is 6.14. The Hall–Kier alpha value is -1.90. The molecule has 2 unspecified atom stereocenters. The van der Waals surface area contributed by atoms with Crippen molar-refractivity contribution in [3.05, 3.63) is 42.1 Å². The lowest BCUT2D eigenvalue weighted by atomic mass is 9.79. The number of aliphatic carboxylic acids is 1. The van der Waals surface area contributed by atoms with Crippen molar-refractivity contribution < 1.29 is 9.90 Å². The molecule has 3 heteroatoms. The van der Waals surface area contributed by atoms with Crippen LogP contribution < -0.4 is 0 Å². The largest absolute Gasteiger partial charge is 0.481 e. The first kappa shape index (κ1) is 13.1. The van der Waals surface area contributed by atoms with Gasteiger partial charge in [-0.25, -0.2) is 0 Å². The second-order valence-corrected chi connectivity index (χ2v) is 6.14. The quantitative estimate of drug-likeness (QED) is 0.925. The van der Waals surface area contributed by atoms with Crippen LogP contribution in [0.4, 0.5) is 0 Å². The Morgan fingerprint density at radius 2 is 2.30 bits per heavy atom. The van der Waals surface area contributed by atoms with E-state index in [1.165, 1.54) is 0 Å². The van der Waals surface area contributed by atoms with Crippen molar-refractivity contribution >= 4 is 16.9 Å². The molecule has 0 amide bonds. The summed E-state index contributed by atoms with van der Waals surface area (Å²) in [5.41, 5.74) is 1.48. The van der Waals surface area contributed by atoms with E-state index in [9.17, 15) is 9.90 Å². The number of pyridine rings is 1. The Kier molecular flexibility index (Phi) is 3.20. The van der Waals surface area contributed by atoms with Crippen LogP contribution in [0.2, 0.25) is 0 Å². The average Bonchev–Trinajstić information content (AvgIpc) is 2.81. The summed E-state index contributed by atoms with van der Waals surface area (Å²) in [5, 5.41) is 10.7. The summed E-state index contributed by atoms with van der Waals surface area (Å²) in [5.74, 6) is -0.138.